The molecule has 0 spiro atoms. The molecule has 0 aromatic carbocycles. The first kappa shape index (κ1) is 16.1. The molecule has 1 aliphatic rings. The fourth-order valence-corrected chi connectivity index (χ4v) is 2.33. The smallest absolute Gasteiger partial charge is 0.140 e. The van der Waals surface area contributed by atoms with Gasteiger partial charge < -0.3 is 4.74 Å². The third kappa shape index (κ3) is 4.03. The minimum Gasteiger partial charge on any atom is -0.377 e. The van der Waals surface area contributed by atoms with E-state index >= 15 is 0 Å². The minimum atomic E-state index is 0.384. The monoisotopic (exact) mass is 301 g/mol. The van der Waals surface area contributed by atoms with E-state index in [2.05, 4.69) is 10.1 Å². The van der Waals surface area contributed by atoms with Crippen LogP contribution in [0.2, 0.25) is 5.15 Å². The Bertz CT molecular complexity index is 480. The maximum Gasteiger partial charge on any atom is 0.140 e. The van der Waals surface area contributed by atoms with Crippen LogP contribution in [0.4, 0.5) is 0 Å². The van der Waals surface area contributed by atoms with Gasteiger partial charge in [0.25, 0.3) is 0 Å². The van der Waals surface area contributed by atoms with Crippen molar-refractivity contribution in [1.29, 1.82) is 0 Å². The third-order valence-electron chi connectivity index (χ3n) is 2.32. The van der Waals surface area contributed by atoms with Crippen molar-refractivity contribution in [3.63, 3.8) is 0 Å². The van der Waals surface area contributed by atoms with E-state index in [0.29, 0.717) is 11.2 Å². The van der Waals surface area contributed by atoms with E-state index in [9.17, 15) is 0 Å². The molecule has 19 heavy (non-hydrogen) atoms. The molecule has 2 aromatic rings. The Morgan fingerprint density at radius 3 is 2.47 bits per heavy atom. The summed E-state index contributed by atoms with van der Waals surface area (Å²) in [4.78, 5) is 4.20. The first-order valence-corrected chi connectivity index (χ1v) is 7.82. The summed E-state index contributed by atoms with van der Waals surface area (Å²) in [6.45, 7) is 9.50. The zero-order chi connectivity index (χ0) is 14.3. The van der Waals surface area contributed by atoms with Gasteiger partial charge in [0.15, 0.2) is 0 Å². The van der Waals surface area contributed by atoms with Gasteiger partial charge in [-0.15, -0.1) is 11.3 Å². The molecule has 1 aliphatic heterocycles. The van der Waals surface area contributed by atoms with Crippen LogP contribution in [-0.2, 0) is 4.74 Å². The third-order valence-corrected chi connectivity index (χ3v) is 3.53. The minimum absolute atomic E-state index is 0.384. The highest BCUT2D eigenvalue weighted by molar-refractivity contribution is 7.13. The molecule has 0 saturated carbocycles. The molecule has 0 N–H and O–H groups in total. The van der Waals surface area contributed by atoms with Gasteiger partial charge in [0, 0.05) is 17.1 Å². The predicted molar refractivity (Wildman–Crippen MR) is 80.9 cm³/mol. The van der Waals surface area contributed by atoms with Crippen molar-refractivity contribution in [2.75, 3.05) is 13.2 Å². The van der Waals surface area contributed by atoms with Crippen molar-refractivity contribution in [3.05, 3.63) is 22.9 Å². The van der Waals surface area contributed by atoms with Gasteiger partial charge in [-0.25, -0.2) is 4.98 Å². The summed E-state index contributed by atoms with van der Waals surface area (Å²) in [5, 5.41) is 7.55. The maximum absolute atomic E-state index is 5.77. The van der Waals surface area contributed by atoms with Crippen LogP contribution in [0.1, 0.15) is 33.7 Å². The van der Waals surface area contributed by atoms with Crippen LogP contribution in [-0.4, -0.2) is 28.0 Å². The Labute approximate surface area is 123 Å². The lowest BCUT2D eigenvalue weighted by atomic mass is 10.3. The van der Waals surface area contributed by atoms with Gasteiger partial charge in [-0.1, -0.05) is 39.3 Å². The predicted octanol–water partition coefficient (Wildman–Crippen LogP) is 4.28. The van der Waals surface area contributed by atoms with Crippen molar-refractivity contribution in [2.24, 2.45) is 0 Å². The van der Waals surface area contributed by atoms with Crippen LogP contribution >= 0.6 is 22.9 Å². The quantitative estimate of drug-likeness (QED) is 0.831. The molecule has 6 heteroatoms. The molecule has 0 aliphatic carbocycles. The standard InChI is InChI=1S/C9H8ClN3OS.2C2H6/c10-8-5-15-9(12-8)6-1-11-13(2-6)7-3-14-4-7;2*1-2/h1-2,5,7H,3-4H2;2*1-2H3. The van der Waals surface area contributed by atoms with Gasteiger partial charge in [0.2, 0.25) is 0 Å². The molecule has 1 saturated heterocycles. The second-order valence-electron chi connectivity index (χ2n) is 3.38. The normalized spacial score (nSPS) is 13.7. The molecule has 3 rings (SSSR count). The number of ether oxygens (including phenoxy) is 1. The van der Waals surface area contributed by atoms with Gasteiger partial charge in [-0.05, 0) is 0 Å². The lowest BCUT2D eigenvalue weighted by Crippen LogP contribution is -2.30. The summed E-state index contributed by atoms with van der Waals surface area (Å²) in [6.07, 6.45) is 3.80. The average molecular weight is 302 g/mol. The second kappa shape index (κ2) is 8.30. The van der Waals surface area contributed by atoms with E-state index in [-0.39, 0.29) is 0 Å². The zero-order valence-corrected chi connectivity index (χ0v) is 13.3. The molecular weight excluding hydrogens is 282 g/mol. The molecule has 0 amide bonds. The summed E-state index contributed by atoms with van der Waals surface area (Å²) in [6, 6.07) is 0.384. The highest BCUT2D eigenvalue weighted by Crippen LogP contribution is 2.26. The highest BCUT2D eigenvalue weighted by Gasteiger charge is 2.21. The molecular formula is C13H20ClN3OS. The number of nitrogens with zero attached hydrogens (tertiary/aromatic N) is 3. The SMILES string of the molecule is CC.CC.Clc1csc(-c2cnn(C3COC3)c2)n1. The van der Waals surface area contributed by atoms with Crippen molar-refractivity contribution >= 4 is 22.9 Å². The first-order chi connectivity index (χ1) is 9.33. The van der Waals surface area contributed by atoms with Crippen molar-refractivity contribution < 1.29 is 4.74 Å². The molecule has 106 valence electrons. The van der Waals surface area contributed by atoms with Crippen LogP contribution < -0.4 is 0 Å². The van der Waals surface area contributed by atoms with Crippen LogP contribution in [0.25, 0.3) is 10.6 Å². The van der Waals surface area contributed by atoms with Crippen molar-refractivity contribution in [2.45, 2.75) is 33.7 Å². The van der Waals surface area contributed by atoms with E-state index in [1.165, 1.54) is 11.3 Å². The Kier molecular flexibility index (Phi) is 7.05. The number of aromatic nitrogens is 3. The van der Waals surface area contributed by atoms with Crippen LogP contribution in [0.15, 0.2) is 17.8 Å². The van der Waals surface area contributed by atoms with Crippen LogP contribution in [0, 0.1) is 0 Å². The maximum atomic E-state index is 5.77. The Balaban J connectivity index is 0.000000415. The fourth-order valence-electron chi connectivity index (χ4n) is 1.41. The second-order valence-corrected chi connectivity index (χ2v) is 4.62. The molecule has 0 radical (unpaired) electrons. The molecule has 4 nitrogen and oxygen atoms in total. The Morgan fingerprint density at radius 2 is 2.00 bits per heavy atom. The number of halogens is 1. The number of hydrogen-bond acceptors (Lipinski definition) is 4. The first-order valence-electron chi connectivity index (χ1n) is 6.56. The average Bonchev–Trinajstić information content (AvgIpc) is 3.01. The summed E-state index contributed by atoms with van der Waals surface area (Å²) < 4.78 is 7.04. The topological polar surface area (TPSA) is 39.9 Å². The molecule has 3 heterocycles. The van der Waals surface area contributed by atoms with E-state index in [4.69, 9.17) is 16.3 Å². The summed E-state index contributed by atoms with van der Waals surface area (Å²) in [5.74, 6) is 0. The van der Waals surface area contributed by atoms with Crippen molar-refractivity contribution in [1.82, 2.24) is 14.8 Å². The molecule has 0 unspecified atom stereocenters. The molecule has 0 bridgehead atoms. The Hall–Kier alpha value is -0.910. The van der Waals surface area contributed by atoms with E-state index in [0.717, 1.165) is 23.8 Å². The molecule has 2 aromatic heterocycles. The lowest BCUT2D eigenvalue weighted by Gasteiger charge is -2.25. The van der Waals surface area contributed by atoms with E-state index < -0.39 is 0 Å². The van der Waals surface area contributed by atoms with Gasteiger partial charge in [0.05, 0.1) is 25.5 Å². The van der Waals surface area contributed by atoms with E-state index in [1.807, 2.05) is 50.2 Å². The molecule has 1 fully saturated rings. The van der Waals surface area contributed by atoms with Gasteiger partial charge in [-0.3, -0.25) is 4.68 Å². The van der Waals surface area contributed by atoms with E-state index in [1.54, 1.807) is 0 Å². The van der Waals surface area contributed by atoms with Gasteiger partial charge in [0.1, 0.15) is 10.2 Å². The van der Waals surface area contributed by atoms with Crippen LogP contribution in [0.5, 0.6) is 0 Å². The number of thiazole rings is 1. The summed E-state index contributed by atoms with van der Waals surface area (Å²) in [7, 11) is 0. The van der Waals surface area contributed by atoms with Gasteiger partial charge in [-0.2, -0.15) is 5.10 Å². The number of rotatable bonds is 2. The van der Waals surface area contributed by atoms with Gasteiger partial charge >= 0.3 is 0 Å². The summed E-state index contributed by atoms with van der Waals surface area (Å²) >= 11 is 7.30. The fraction of sp³-hybridized carbons (Fsp3) is 0.538. The number of hydrogen-bond donors (Lipinski definition) is 0. The van der Waals surface area contributed by atoms with Crippen LogP contribution in [0.3, 0.4) is 0 Å². The molecule has 0 atom stereocenters. The Morgan fingerprint density at radius 1 is 1.32 bits per heavy atom. The zero-order valence-electron chi connectivity index (χ0n) is 11.8. The summed E-state index contributed by atoms with van der Waals surface area (Å²) in [5.41, 5.74) is 1.01. The largest absolute Gasteiger partial charge is 0.377 e. The van der Waals surface area contributed by atoms with Crippen molar-refractivity contribution in [3.8, 4) is 10.6 Å². The lowest BCUT2D eigenvalue weighted by molar-refractivity contribution is -0.0286. The highest BCUT2D eigenvalue weighted by atomic mass is 35.5.